The van der Waals surface area contributed by atoms with Crippen molar-refractivity contribution in [2.75, 3.05) is 31.7 Å². The number of rotatable bonds is 1. The third kappa shape index (κ3) is 5.70. The van der Waals surface area contributed by atoms with Crippen LogP contribution in [0, 0.1) is 17.8 Å². The Labute approximate surface area is 263 Å². The van der Waals surface area contributed by atoms with Gasteiger partial charge in [-0.25, -0.2) is 4.21 Å². The Balaban J connectivity index is 1.43. The average Bonchev–Trinajstić information content (AvgIpc) is 3.11. The van der Waals surface area contributed by atoms with Crippen molar-refractivity contribution in [2.45, 2.75) is 88.4 Å². The van der Waals surface area contributed by atoms with Crippen LogP contribution in [0.5, 0.6) is 5.75 Å². The first-order chi connectivity index (χ1) is 20.4. The number of benzene rings is 2. The van der Waals surface area contributed by atoms with Gasteiger partial charge >= 0.3 is 0 Å². The van der Waals surface area contributed by atoms with E-state index in [1.54, 1.807) is 6.07 Å². The number of halogens is 1. The van der Waals surface area contributed by atoms with Gasteiger partial charge < -0.3 is 14.4 Å². The molecular weight excluding hydrogens is 580 g/mol. The van der Waals surface area contributed by atoms with E-state index >= 15 is 0 Å². The van der Waals surface area contributed by atoms with Gasteiger partial charge in [0.05, 0.1) is 27.6 Å². The second-order valence-corrected chi connectivity index (χ2v) is 16.8. The number of aryl methyl sites for hydroxylation is 1. The number of hydrogen-bond acceptors (Lipinski definition) is 5. The molecule has 0 aromatic heterocycles. The number of carbonyl (C=O) groups is 1. The van der Waals surface area contributed by atoms with E-state index in [0.717, 1.165) is 80.9 Å². The van der Waals surface area contributed by atoms with Crippen molar-refractivity contribution < 1.29 is 18.5 Å². The van der Waals surface area contributed by atoms with Crippen molar-refractivity contribution in [3.8, 4) is 5.75 Å². The Morgan fingerprint density at radius 2 is 1.93 bits per heavy atom. The number of nitrogens with zero attached hydrogens (tertiary/aromatic N) is 1. The van der Waals surface area contributed by atoms with Gasteiger partial charge in [0.25, 0.3) is 5.91 Å². The molecule has 8 heteroatoms. The fourth-order valence-electron chi connectivity index (χ4n) is 8.26. The van der Waals surface area contributed by atoms with Crippen LogP contribution in [0.1, 0.15) is 87.2 Å². The summed E-state index contributed by atoms with van der Waals surface area (Å²) in [5.74, 6) is 5.53. The summed E-state index contributed by atoms with van der Waals surface area (Å²) in [6.07, 6.45) is 8.29. The van der Waals surface area contributed by atoms with Gasteiger partial charge in [0, 0.05) is 41.5 Å². The standard InChI is InChI=1S/C35H47ClN2O4S/c1-23-8-6-16-34(3,41-4)29-13-10-27(29)20-38-21-35(17-7-9-25-18-28(36)12-14-30(25)35)22-42-32-15-11-26(19-31(32)38)33(39)37-43(5,40)24(23)2/h11-12,14-15,18-19,23-24,27,29H,5-10,13,16-17,20-22H2,1-4H3,(H,37,39,40)/t23-,24+,27-,29+,34-,35-,43?/m0/s1. The largest absolute Gasteiger partial charge is 0.490 e. The van der Waals surface area contributed by atoms with Gasteiger partial charge in [-0.3, -0.25) is 9.52 Å². The highest BCUT2D eigenvalue weighted by Crippen LogP contribution is 2.49. The van der Waals surface area contributed by atoms with E-state index in [2.05, 4.69) is 41.5 Å². The minimum absolute atomic E-state index is 0.150. The summed E-state index contributed by atoms with van der Waals surface area (Å²) >= 11 is 6.44. The van der Waals surface area contributed by atoms with E-state index in [0.29, 0.717) is 24.0 Å². The van der Waals surface area contributed by atoms with E-state index in [1.165, 1.54) is 11.1 Å². The fraction of sp³-hybridized carbons (Fsp3) is 0.600. The first-order valence-corrected chi connectivity index (χ1v) is 18.2. The van der Waals surface area contributed by atoms with Crippen LogP contribution in [0.25, 0.3) is 0 Å². The smallest absolute Gasteiger partial charge is 0.262 e. The van der Waals surface area contributed by atoms with Gasteiger partial charge in [0.2, 0.25) is 0 Å². The van der Waals surface area contributed by atoms with E-state index < -0.39 is 9.71 Å². The second-order valence-electron chi connectivity index (χ2n) is 14.0. The molecule has 1 fully saturated rings. The summed E-state index contributed by atoms with van der Waals surface area (Å²) in [4.78, 5) is 16.1. The molecule has 6 nitrogen and oxygen atoms in total. The summed E-state index contributed by atoms with van der Waals surface area (Å²) in [5.41, 5.74) is 3.64. The van der Waals surface area contributed by atoms with Gasteiger partial charge in [0.15, 0.2) is 0 Å². The molecule has 7 atom stereocenters. The quantitative estimate of drug-likeness (QED) is 0.352. The Bertz CT molecular complexity index is 1490. The minimum atomic E-state index is -2.87. The molecule has 1 spiro atoms. The second kappa shape index (κ2) is 11.6. The molecule has 1 amide bonds. The van der Waals surface area contributed by atoms with E-state index in [-0.39, 0.29) is 28.1 Å². The molecule has 1 unspecified atom stereocenters. The normalized spacial score (nSPS) is 36.4. The summed E-state index contributed by atoms with van der Waals surface area (Å²) in [7, 11) is -1.01. The van der Waals surface area contributed by atoms with Crippen molar-refractivity contribution in [1.29, 1.82) is 0 Å². The van der Waals surface area contributed by atoms with Gasteiger partial charge in [0.1, 0.15) is 5.75 Å². The number of hydrogen-bond donors (Lipinski definition) is 1. The molecule has 0 saturated heterocycles. The molecule has 234 valence electrons. The first-order valence-electron chi connectivity index (χ1n) is 16.0. The predicted molar refractivity (Wildman–Crippen MR) is 177 cm³/mol. The maximum absolute atomic E-state index is 13.7. The topological polar surface area (TPSA) is 67.9 Å². The average molecular weight is 627 g/mol. The van der Waals surface area contributed by atoms with Gasteiger partial charge in [-0.2, -0.15) is 0 Å². The van der Waals surface area contributed by atoms with Crippen molar-refractivity contribution in [3.63, 3.8) is 0 Å². The van der Waals surface area contributed by atoms with Crippen molar-refractivity contribution in [2.24, 2.45) is 17.8 Å². The van der Waals surface area contributed by atoms with Crippen LogP contribution in [0.15, 0.2) is 36.4 Å². The molecular formula is C35H47ClN2O4S. The number of methoxy groups -OCH3 is 1. The van der Waals surface area contributed by atoms with Crippen molar-refractivity contribution in [1.82, 2.24) is 4.72 Å². The third-order valence-corrected chi connectivity index (χ3v) is 13.9. The Morgan fingerprint density at radius 1 is 1.12 bits per heavy atom. The van der Waals surface area contributed by atoms with Crippen LogP contribution in [-0.4, -0.2) is 53.6 Å². The van der Waals surface area contributed by atoms with Crippen LogP contribution in [0.4, 0.5) is 5.69 Å². The summed E-state index contributed by atoms with van der Waals surface area (Å²) in [6.45, 7) is 8.59. The van der Waals surface area contributed by atoms with E-state index in [4.69, 9.17) is 21.1 Å². The molecule has 2 aliphatic carbocycles. The van der Waals surface area contributed by atoms with Crippen LogP contribution >= 0.6 is 11.6 Å². The first kappa shape index (κ1) is 30.8. The zero-order chi connectivity index (χ0) is 30.6. The Hall–Kier alpha value is -2.22. The zero-order valence-electron chi connectivity index (χ0n) is 26.1. The molecule has 0 radical (unpaired) electrons. The molecule has 2 aromatic carbocycles. The summed E-state index contributed by atoms with van der Waals surface area (Å²) < 4.78 is 29.5. The monoisotopic (exact) mass is 626 g/mol. The molecule has 2 bridgehead atoms. The maximum Gasteiger partial charge on any atom is 0.262 e. The fourth-order valence-corrected chi connectivity index (χ4v) is 9.96. The third-order valence-electron chi connectivity index (χ3n) is 11.4. The molecule has 43 heavy (non-hydrogen) atoms. The Morgan fingerprint density at radius 3 is 2.67 bits per heavy atom. The van der Waals surface area contributed by atoms with E-state index in [1.807, 2.05) is 32.2 Å². The van der Waals surface area contributed by atoms with Gasteiger partial charge in [-0.05, 0) is 124 Å². The van der Waals surface area contributed by atoms with Crippen LogP contribution in [-0.2, 0) is 26.3 Å². The SMILES string of the molecule is C=S1(=O)NC(=O)c2ccc3c(c2)N(C[C@@H]2CC[C@H]2[C@@](C)(OC)CCC[C@H](C)[C@H]1C)C[C@@]1(CCCc2cc(Cl)ccc21)CO3. The van der Waals surface area contributed by atoms with Gasteiger partial charge in [-0.1, -0.05) is 31.0 Å². The Kier molecular flexibility index (Phi) is 8.31. The zero-order valence-corrected chi connectivity index (χ0v) is 27.7. The van der Waals surface area contributed by atoms with Crippen LogP contribution < -0.4 is 14.4 Å². The summed E-state index contributed by atoms with van der Waals surface area (Å²) in [6, 6.07) is 12.0. The number of carbonyl (C=O) groups excluding carboxylic acids is 1. The van der Waals surface area contributed by atoms with Gasteiger partial charge in [-0.15, -0.1) is 0 Å². The molecule has 1 N–H and O–H groups in total. The summed E-state index contributed by atoms with van der Waals surface area (Å²) in [5, 5.41) is 0.520. The lowest BCUT2D eigenvalue weighted by Crippen LogP contribution is -2.52. The van der Waals surface area contributed by atoms with Crippen LogP contribution in [0.3, 0.4) is 0 Å². The molecule has 2 heterocycles. The highest BCUT2D eigenvalue weighted by atomic mass is 35.5. The lowest BCUT2D eigenvalue weighted by atomic mass is 9.63. The lowest BCUT2D eigenvalue weighted by molar-refractivity contribution is -0.103. The number of ether oxygens (including phenoxy) is 2. The minimum Gasteiger partial charge on any atom is -0.490 e. The molecule has 1 saturated carbocycles. The molecule has 6 rings (SSSR count). The maximum atomic E-state index is 13.7. The number of anilines is 1. The molecule has 2 aromatic rings. The lowest BCUT2D eigenvalue weighted by Gasteiger charge is -2.50. The highest BCUT2D eigenvalue weighted by Gasteiger charge is 2.48. The van der Waals surface area contributed by atoms with Crippen molar-refractivity contribution in [3.05, 3.63) is 58.1 Å². The molecule has 4 aliphatic rings. The van der Waals surface area contributed by atoms with Crippen LogP contribution in [0.2, 0.25) is 5.02 Å². The predicted octanol–water partition coefficient (Wildman–Crippen LogP) is 6.81. The number of amides is 1. The molecule has 2 aliphatic heterocycles. The van der Waals surface area contributed by atoms with E-state index in [9.17, 15) is 9.00 Å². The van der Waals surface area contributed by atoms with Crippen molar-refractivity contribution >= 4 is 38.8 Å². The number of nitrogens with one attached hydrogen (secondary N) is 1. The number of fused-ring (bicyclic) bond motifs is 4. The highest BCUT2D eigenvalue weighted by molar-refractivity contribution is 7.99.